The second kappa shape index (κ2) is 11.1. The van der Waals surface area contributed by atoms with Crippen molar-refractivity contribution in [2.75, 3.05) is 20.7 Å². The van der Waals surface area contributed by atoms with Gasteiger partial charge in [-0.25, -0.2) is 9.98 Å². The number of aromatic nitrogens is 4. The lowest BCUT2D eigenvalue weighted by Gasteiger charge is -2.43. The Bertz CT molecular complexity index is 1490. The maximum Gasteiger partial charge on any atom is 0.280 e. The van der Waals surface area contributed by atoms with Crippen LogP contribution in [0.3, 0.4) is 0 Å². The average molecular weight is 561 g/mol. The molecule has 10 nitrogen and oxygen atoms in total. The molecule has 2 aromatic heterocycles. The van der Waals surface area contributed by atoms with Gasteiger partial charge in [0.15, 0.2) is 11.2 Å². The first kappa shape index (κ1) is 27.9. The number of imidazole rings is 1. The number of hydrogen-bond acceptors (Lipinski definition) is 7. The molecule has 0 bridgehead atoms. The van der Waals surface area contributed by atoms with E-state index in [4.69, 9.17) is 9.16 Å². The molecule has 1 aliphatic rings. The van der Waals surface area contributed by atoms with Crippen molar-refractivity contribution < 1.29 is 14.3 Å². The van der Waals surface area contributed by atoms with E-state index in [2.05, 4.69) is 65.0 Å². The van der Waals surface area contributed by atoms with Crippen LogP contribution in [-0.4, -0.2) is 77.1 Å². The summed E-state index contributed by atoms with van der Waals surface area (Å²) in [4.78, 5) is 30.0. The van der Waals surface area contributed by atoms with Crippen LogP contribution in [0.2, 0.25) is 5.04 Å². The first-order valence-corrected chi connectivity index (χ1v) is 15.3. The number of nitrogens with zero attached hydrogens (tertiary/aromatic N) is 5. The highest BCUT2D eigenvalue weighted by molar-refractivity contribution is 6.99. The molecule has 5 rings (SSSR count). The van der Waals surface area contributed by atoms with E-state index in [0.29, 0.717) is 12.1 Å². The molecule has 40 heavy (non-hydrogen) atoms. The lowest BCUT2D eigenvalue weighted by molar-refractivity contribution is -0.0398. The van der Waals surface area contributed by atoms with Gasteiger partial charge >= 0.3 is 0 Å². The predicted octanol–water partition coefficient (Wildman–Crippen LogP) is 2.57. The number of H-pyrrole nitrogens is 1. The van der Waals surface area contributed by atoms with Gasteiger partial charge < -0.3 is 19.2 Å². The highest BCUT2D eigenvalue weighted by atomic mass is 28.4. The molecule has 11 heteroatoms. The number of aliphatic hydroxyl groups is 1. The molecule has 0 spiro atoms. The predicted molar refractivity (Wildman–Crippen MR) is 158 cm³/mol. The largest absolute Gasteiger partial charge is 0.405 e. The van der Waals surface area contributed by atoms with Crippen molar-refractivity contribution in [3.8, 4) is 0 Å². The number of fused-ring (bicyclic) bond motifs is 1. The molecule has 4 aromatic rings. The van der Waals surface area contributed by atoms with Crippen molar-refractivity contribution >= 4 is 42.1 Å². The van der Waals surface area contributed by atoms with E-state index in [9.17, 15) is 9.90 Å². The summed E-state index contributed by atoms with van der Waals surface area (Å²) in [5.41, 5.74) is 0.147. The van der Waals surface area contributed by atoms with Gasteiger partial charge in [-0.2, -0.15) is 4.98 Å². The highest BCUT2D eigenvalue weighted by Gasteiger charge is 2.51. The number of hydrogen-bond donors (Lipinski definition) is 2. The second-order valence-corrected chi connectivity index (χ2v) is 15.6. The zero-order valence-corrected chi connectivity index (χ0v) is 24.5. The monoisotopic (exact) mass is 560 g/mol. The van der Waals surface area contributed by atoms with Gasteiger partial charge in [-0.3, -0.25) is 14.3 Å². The third kappa shape index (κ3) is 5.25. The van der Waals surface area contributed by atoms with Crippen LogP contribution in [0, 0.1) is 0 Å². The maximum atomic E-state index is 12.6. The van der Waals surface area contributed by atoms with Crippen LogP contribution in [0.25, 0.3) is 11.2 Å². The van der Waals surface area contributed by atoms with Crippen molar-refractivity contribution in [1.82, 2.24) is 24.4 Å². The Hall–Kier alpha value is -3.64. The van der Waals surface area contributed by atoms with Crippen LogP contribution < -0.4 is 15.9 Å². The maximum absolute atomic E-state index is 12.6. The lowest BCUT2D eigenvalue weighted by Crippen LogP contribution is -2.67. The number of rotatable bonds is 8. The molecule has 3 heterocycles. The Kier molecular flexibility index (Phi) is 7.73. The molecule has 0 amide bonds. The molecule has 0 saturated carbocycles. The first-order chi connectivity index (χ1) is 19.1. The Morgan fingerprint density at radius 1 is 1.15 bits per heavy atom. The van der Waals surface area contributed by atoms with Crippen LogP contribution in [-0.2, 0) is 9.16 Å². The summed E-state index contributed by atoms with van der Waals surface area (Å²) in [5.74, 6) is 0.165. The normalized spacial score (nSPS) is 20.0. The van der Waals surface area contributed by atoms with Gasteiger partial charge in [0.05, 0.1) is 25.4 Å². The second-order valence-electron chi connectivity index (χ2n) is 11.3. The van der Waals surface area contributed by atoms with Gasteiger partial charge in [0.1, 0.15) is 12.3 Å². The summed E-state index contributed by atoms with van der Waals surface area (Å²) < 4.78 is 15.0. The third-order valence-corrected chi connectivity index (χ3v) is 12.2. The summed E-state index contributed by atoms with van der Waals surface area (Å²) in [6.07, 6.45) is 1.48. The van der Waals surface area contributed by atoms with Crippen molar-refractivity contribution in [2.24, 2.45) is 4.99 Å². The molecule has 1 aliphatic heterocycles. The Morgan fingerprint density at radius 2 is 1.77 bits per heavy atom. The van der Waals surface area contributed by atoms with Gasteiger partial charge in [0, 0.05) is 20.5 Å². The molecule has 210 valence electrons. The van der Waals surface area contributed by atoms with E-state index < -0.39 is 26.8 Å². The average Bonchev–Trinajstić information content (AvgIpc) is 3.52. The smallest absolute Gasteiger partial charge is 0.280 e. The van der Waals surface area contributed by atoms with Gasteiger partial charge in [-0.05, 0) is 15.4 Å². The number of ether oxygens (including phenoxy) is 1. The van der Waals surface area contributed by atoms with Gasteiger partial charge in [-0.15, -0.1) is 0 Å². The molecule has 0 aliphatic carbocycles. The van der Waals surface area contributed by atoms with E-state index in [1.54, 1.807) is 15.8 Å². The summed E-state index contributed by atoms with van der Waals surface area (Å²) >= 11 is 0. The fourth-order valence-corrected chi connectivity index (χ4v) is 9.93. The minimum atomic E-state index is -2.80. The molecule has 2 aromatic carbocycles. The molecular formula is C29H36N6O4Si. The van der Waals surface area contributed by atoms with Crippen molar-refractivity contribution in [1.29, 1.82) is 0 Å². The number of aliphatic imine (C=N–C) groups is 1. The molecule has 3 atom stereocenters. The topological polar surface area (TPSA) is 118 Å². The van der Waals surface area contributed by atoms with Crippen LogP contribution in [0.1, 0.15) is 33.4 Å². The van der Waals surface area contributed by atoms with Gasteiger partial charge in [-0.1, -0.05) is 81.4 Å². The molecule has 1 saturated heterocycles. The molecule has 1 fully saturated rings. The Labute approximate surface area is 234 Å². The summed E-state index contributed by atoms with van der Waals surface area (Å²) in [6, 6.07) is 20.7. The number of aliphatic hydroxyl groups excluding tert-OH is 1. The van der Waals surface area contributed by atoms with Crippen molar-refractivity contribution in [2.45, 2.75) is 50.7 Å². The summed E-state index contributed by atoms with van der Waals surface area (Å²) in [6.45, 7) is 6.85. The molecule has 1 unspecified atom stereocenters. The molecular weight excluding hydrogens is 524 g/mol. The van der Waals surface area contributed by atoms with E-state index in [1.807, 2.05) is 50.5 Å². The zero-order chi connectivity index (χ0) is 28.5. The zero-order valence-electron chi connectivity index (χ0n) is 23.5. The quantitative estimate of drug-likeness (QED) is 0.193. The summed E-state index contributed by atoms with van der Waals surface area (Å²) in [5, 5.41) is 13.2. The number of aromatic amines is 1. The Morgan fingerprint density at radius 3 is 2.35 bits per heavy atom. The van der Waals surface area contributed by atoms with Gasteiger partial charge in [0.25, 0.3) is 13.9 Å². The third-order valence-electron chi connectivity index (χ3n) is 7.23. The van der Waals surface area contributed by atoms with Gasteiger partial charge in [0.2, 0.25) is 5.95 Å². The van der Waals surface area contributed by atoms with E-state index in [0.717, 1.165) is 10.4 Å². The van der Waals surface area contributed by atoms with E-state index in [1.165, 1.54) is 6.33 Å². The fourth-order valence-electron chi connectivity index (χ4n) is 5.36. The molecule has 0 radical (unpaired) electrons. The Balaban J connectivity index is 1.44. The van der Waals surface area contributed by atoms with Crippen molar-refractivity contribution in [3.63, 3.8) is 0 Å². The first-order valence-electron chi connectivity index (χ1n) is 13.4. The molecule has 2 N–H and O–H groups in total. The minimum absolute atomic E-state index is 0.165. The SMILES string of the molecule is CN(C)/C=N\c1nc2c(ncn2[C@H]2CC(O)[C@@H](CO[Si](c3ccccc3)(c3ccccc3)C(C)(C)C)O2)c(=O)[nH]1. The van der Waals surface area contributed by atoms with Crippen LogP contribution in [0.5, 0.6) is 0 Å². The number of nitrogens with one attached hydrogen (secondary N) is 1. The van der Waals surface area contributed by atoms with Crippen LogP contribution in [0.15, 0.2) is 76.8 Å². The minimum Gasteiger partial charge on any atom is -0.405 e. The van der Waals surface area contributed by atoms with E-state index in [-0.39, 0.29) is 28.7 Å². The van der Waals surface area contributed by atoms with Crippen molar-refractivity contribution in [3.05, 3.63) is 77.3 Å². The number of benzene rings is 2. The summed E-state index contributed by atoms with van der Waals surface area (Å²) in [7, 11) is 0.853. The van der Waals surface area contributed by atoms with Crippen LogP contribution >= 0.6 is 0 Å². The standard InChI is InChI=1S/C29H36N6O4Si/c1-29(2,3)40(20-12-8-6-9-13-20,21-14-10-7-11-15-21)38-17-23-22(36)16-24(39-23)35-19-30-25-26(35)32-28(33-27(25)37)31-18-34(4)5/h6-15,18-19,22-24,36H,16-17H2,1-5H3,(H,32,33,37)/b31-18-/t22?,23-,24-/m1/s1. The lowest BCUT2D eigenvalue weighted by atomic mass is 10.2. The highest BCUT2D eigenvalue weighted by Crippen LogP contribution is 2.38. The van der Waals surface area contributed by atoms with Crippen LogP contribution in [0.4, 0.5) is 5.95 Å². The van der Waals surface area contributed by atoms with E-state index >= 15 is 0 Å². The fraction of sp³-hybridized carbons (Fsp3) is 0.379.